The minimum Gasteiger partial charge on any atom is -0.481 e. The molecule has 19 heavy (non-hydrogen) atoms. The van der Waals surface area contributed by atoms with Crippen molar-refractivity contribution in [3.05, 3.63) is 0 Å². The summed E-state index contributed by atoms with van der Waals surface area (Å²) in [7, 11) is 0. The highest BCUT2D eigenvalue weighted by molar-refractivity contribution is 5.77. The molecule has 2 aliphatic rings. The van der Waals surface area contributed by atoms with Gasteiger partial charge in [0.1, 0.15) is 0 Å². The van der Waals surface area contributed by atoms with E-state index in [9.17, 15) is 9.59 Å². The van der Waals surface area contributed by atoms with Crippen LogP contribution in [0.1, 0.15) is 58.3 Å². The Kier molecular flexibility index (Phi) is 4.83. The SMILES string of the molecule is CC1CC(C(=O)O)CCN1C(=O)CCC1CCCC1. The number of carbonyl (C=O) groups is 2. The van der Waals surface area contributed by atoms with Gasteiger partial charge in [-0.3, -0.25) is 9.59 Å². The normalized spacial score (nSPS) is 28.6. The van der Waals surface area contributed by atoms with E-state index in [0.717, 1.165) is 12.3 Å². The predicted octanol–water partition coefficient (Wildman–Crippen LogP) is 2.67. The van der Waals surface area contributed by atoms with E-state index in [2.05, 4.69) is 0 Å². The number of nitrogens with zero attached hydrogens (tertiary/aromatic N) is 1. The van der Waals surface area contributed by atoms with Crippen LogP contribution >= 0.6 is 0 Å². The van der Waals surface area contributed by atoms with Gasteiger partial charge in [0.2, 0.25) is 5.91 Å². The summed E-state index contributed by atoms with van der Waals surface area (Å²) in [6.45, 7) is 2.59. The summed E-state index contributed by atoms with van der Waals surface area (Å²) in [5.41, 5.74) is 0. The molecule has 1 saturated heterocycles. The molecule has 0 aromatic heterocycles. The fourth-order valence-corrected chi connectivity index (χ4v) is 3.54. The van der Waals surface area contributed by atoms with Crippen LogP contribution in [0.25, 0.3) is 0 Å². The first-order valence-electron chi connectivity index (χ1n) is 7.60. The fourth-order valence-electron chi connectivity index (χ4n) is 3.54. The molecule has 1 amide bonds. The lowest BCUT2D eigenvalue weighted by Crippen LogP contribution is -2.46. The van der Waals surface area contributed by atoms with E-state index >= 15 is 0 Å². The number of carboxylic acid groups (broad SMARTS) is 1. The molecule has 0 aromatic rings. The zero-order chi connectivity index (χ0) is 13.8. The highest BCUT2D eigenvalue weighted by Crippen LogP contribution is 2.30. The van der Waals surface area contributed by atoms with E-state index in [0.29, 0.717) is 25.8 Å². The van der Waals surface area contributed by atoms with Crippen molar-refractivity contribution in [1.82, 2.24) is 4.90 Å². The van der Waals surface area contributed by atoms with Gasteiger partial charge in [0.15, 0.2) is 0 Å². The summed E-state index contributed by atoms with van der Waals surface area (Å²) in [5, 5.41) is 9.02. The zero-order valence-electron chi connectivity index (χ0n) is 11.8. The zero-order valence-corrected chi connectivity index (χ0v) is 11.8. The average Bonchev–Trinajstić information content (AvgIpc) is 2.88. The maximum atomic E-state index is 12.2. The van der Waals surface area contributed by atoms with Crippen LogP contribution in [0.15, 0.2) is 0 Å². The molecule has 2 atom stereocenters. The molecule has 0 spiro atoms. The molecule has 108 valence electrons. The first-order chi connectivity index (χ1) is 9.08. The van der Waals surface area contributed by atoms with Crippen LogP contribution in [-0.4, -0.2) is 34.5 Å². The fraction of sp³-hybridized carbons (Fsp3) is 0.867. The third-order valence-electron chi connectivity index (χ3n) is 4.79. The van der Waals surface area contributed by atoms with E-state index in [1.54, 1.807) is 0 Å². The second kappa shape index (κ2) is 6.40. The van der Waals surface area contributed by atoms with Gasteiger partial charge in [-0.2, -0.15) is 0 Å². The summed E-state index contributed by atoms with van der Waals surface area (Å²) < 4.78 is 0. The van der Waals surface area contributed by atoms with E-state index in [4.69, 9.17) is 5.11 Å². The Morgan fingerprint density at radius 3 is 2.47 bits per heavy atom. The number of likely N-dealkylation sites (tertiary alicyclic amines) is 1. The standard InChI is InChI=1S/C15H25NO3/c1-11-10-13(15(18)19)8-9-16(11)14(17)7-6-12-4-2-3-5-12/h11-13H,2-10H2,1H3,(H,18,19). The van der Waals surface area contributed by atoms with E-state index < -0.39 is 5.97 Å². The van der Waals surface area contributed by atoms with Gasteiger partial charge in [0, 0.05) is 19.0 Å². The quantitative estimate of drug-likeness (QED) is 0.852. The molecule has 1 aliphatic carbocycles. The van der Waals surface area contributed by atoms with Gasteiger partial charge in [-0.1, -0.05) is 25.7 Å². The van der Waals surface area contributed by atoms with Crippen LogP contribution in [0, 0.1) is 11.8 Å². The Labute approximate surface area is 115 Å². The maximum Gasteiger partial charge on any atom is 0.306 e. The minimum atomic E-state index is -0.718. The topological polar surface area (TPSA) is 57.6 Å². The largest absolute Gasteiger partial charge is 0.481 e. The van der Waals surface area contributed by atoms with Crippen molar-refractivity contribution >= 4 is 11.9 Å². The van der Waals surface area contributed by atoms with Crippen LogP contribution in [-0.2, 0) is 9.59 Å². The Morgan fingerprint density at radius 1 is 1.21 bits per heavy atom. The number of hydrogen-bond acceptors (Lipinski definition) is 2. The lowest BCUT2D eigenvalue weighted by molar-refractivity contribution is -0.147. The van der Waals surface area contributed by atoms with Crippen molar-refractivity contribution < 1.29 is 14.7 Å². The molecule has 2 rings (SSSR count). The number of rotatable bonds is 4. The van der Waals surface area contributed by atoms with E-state index in [-0.39, 0.29) is 17.9 Å². The highest BCUT2D eigenvalue weighted by atomic mass is 16.4. The molecule has 4 heteroatoms. The second-order valence-electron chi connectivity index (χ2n) is 6.18. The van der Waals surface area contributed by atoms with E-state index in [1.165, 1.54) is 25.7 Å². The third-order valence-corrected chi connectivity index (χ3v) is 4.79. The molecule has 4 nitrogen and oxygen atoms in total. The number of amides is 1. The lowest BCUT2D eigenvalue weighted by atomic mass is 9.91. The number of piperidine rings is 1. The van der Waals surface area contributed by atoms with Crippen LogP contribution in [0.4, 0.5) is 0 Å². The molecule has 0 bridgehead atoms. The lowest BCUT2D eigenvalue weighted by Gasteiger charge is -2.36. The second-order valence-corrected chi connectivity index (χ2v) is 6.18. The predicted molar refractivity (Wildman–Crippen MR) is 72.7 cm³/mol. The van der Waals surface area contributed by atoms with Crippen molar-refractivity contribution in [2.75, 3.05) is 6.54 Å². The van der Waals surface area contributed by atoms with Crippen LogP contribution in [0.5, 0.6) is 0 Å². The molecule has 1 N–H and O–H groups in total. The van der Waals surface area contributed by atoms with Gasteiger partial charge in [0.05, 0.1) is 5.92 Å². The van der Waals surface area contributed by atoms with Crippen molar-refractivity contribution in [2.45, 2.75) is 64.3 Å². The number of carbonyl (C=O) groups excluding carboxylic acids is 1. The van der Waals surface area contributed by atoms with Gasteiger partial charge in [-0.25, -0.2) is 0 Å². The van der Waals surface area contributed by atoms with Crippen molar-refractivity contribution in [3.63, 3.8) is 0 Å². The molecular formula is C15H25NO3. The molecule has 0 radical (unpaired) electrons. The molecule has 0 aromatic carbocycles. The number of hydrogen-bond donors (Lipinski definition) is 1. The van der Waals surface area contributed by atoms with Crippen LogP contribution < -0.4 is 0 Å². The third kappa shape index (κ3) is 3.71. The van der Waals surface area contributed by atoms with Crippen molar-refractivity contribution in [1.29, 1.82) is 0 Å². The molecular weight excluding hydrogens is 242 g/mol. The van der Waals surface area contributed by atoms with Gasteiger partial charge in [0.25, 0.3) is 0 Å². The van der Waals surface area contributed by atoms with Crippen LogP contribution in [0.3, 0.4) is 0 Å². The first kappa shape index (κ1) is 14.4. The smallest absolute Gasteiger partial charge is 0.306 e. The average molecular weight is 267 g/mol. The highest BCUT2D eigenvalue weighted by Gasteiger charge is 2.32. The number of aliphatic carboxylic acids is 1. The van der Waals surface area contributed by atoms with Crippen LogP contribution in [0.2, 0.25) is 0 Å². The van der Waals surface area contributed by atoms with Crippen molar-refractivity contribution in [3.8, 4) is 0 Å². The molecule has 1 heterocycles. The van der Waals surface area contributed by atoms with Gasteiger partial charge < -0.3 is 10.0 Å². The minimum absolute atomic E-state index is 0.0749. The Bertz CT molecular complexity index is 336. The summed E-state index contributed by atoms with van der Waals surface area (Å²) in [5.74, 6) is -0.0159. The molecule has 2 unspecified atom stereocenters. The first-order valence-corrected chi connectivity index (χ1v) is 7.60. The summed E-state index contributed by atoms with van der Waals surface area (Å²) in [4.78, 5) is 25.1. The maximum absolute atomic E-state index is 12.2. The summed E-state index contributed by atoms with van der Waals surface area (Å²) in [6.07, 6.45) is 8.07. The van der Waals surface area contributed by atoms with Gasteiger partial charge in [-0.05, 0) is 32.1 Å². The Morgan fingerprint density at radius 2 is 1.89 bits per heavy atom. The Balaban J connectivity index is 1.77. The monoisotopic (exact) mass is 267 g/mol. The summed E-state index contributed by atoms with van der Waals surface area (Å²) in [6, 6.07) is 0.0749. The van der Waals surface area contributed by atoms with Gasteiger partial charge >= 0.3 is 5.97 Å². The molecule has 1 saturated carbocycles. The molecule has 2 fully saturated rings. The van der Waals surface area contributed by atoms with E-state index in [1.807, 2.05) is 11.8 Å². The number of carboxylic acids is 1. The Hall–Kier alpha value is -1.06. The van der Waals surface area contributed by atoms with Gasteiger partial charge in [-0.15, -0.1) is 0 Å². The summed E-state index contributed by atoms with van der Waals surface area (Å²) >= 11 is 0. The molecule has 1 aliphatic heterocycles. The van der Waals surface area contributed by atoms with Crippen molar-refractivity contribution in [2.24, 2.45) is 11.8 Å².